The van der Waals surface area contributed by atoms with Gasteiger partial charge in [-0.25, -0.2) is 9.97 Å². The van der Waals surface area contributed by atoms with Crippen LogP contribution >= 0.6 is 0 Å². The number of imidazole rings is 1. The highest BCUT2D eigenvalue weighted by molar-refractivity contribution is 5.97. The first kappa shape index (κ1) is 23.2. The number of carbonyl (C=O) groups excluding carboxylic acids is 1. The summed E-state index contributed by atoms with van der Waals surface area (Å²) >= 11 is 0. The van der Waals surface area contributed by atoms with Gasteiger partial charge in [0.2, 0.25) is 0 Å². The highest BCUT2D eigenvalue weighted by Gasteiger charge is 2.30. The van der Waals surface area contributed by atoms with E-state index in [-0.39, 0.29) is 12.0 Å². The molecule has 36 heavy (non-hydrogen) atoms. The third-order valence-electron chi connectivity index (χ3n) is 5.76. The van der Waals surface area contributed by atoms with Gasteiger partial charge in [0.15, 0.2) is 17.2 Å². The summed E-state index contributed by atoms with van der Waals surface area (Å²) in [5, 5.41) is 3.32. The monoisotopic (exact) mass is 487 g/mol. The summed E-state index contributed by atoms with van der Waals surface area (Å²) in [6.07, 6.45) is 4.21. The fraction of sp³-hybridized carbons (Fsp3) is 0.111. The Hall–Kier alpha value is -4.53. The van der Waals surface area contributed by atoms with E-state index in [2.05, 4.69) is 15.3 Å². The predicted molar refractivity (Wildman–Crippen MR) is 130 cm³/mol. The molecule has 0 unspecified atom stereocenters. The van der Waals surface area contributed by atoms with Crippen LogP contribution in [-0.4, -0.2) is 25.1 Å². The van der Waals surface area contributed by atoms with Crippen LogP contribution in [0.5, 0.6) is 0 Å². The van der Waals surface area contributed by atoms with Crippen molar-refractivity contribution in [1.82, 2.24) is 19.4 Å². The first-order chi connectivity index (χ1) is 17.3. The molecule has 1 N–H and O–H groups in total. The molecule has 0 aliphatic heterocycles. The summed E-state index contributed by atoms with van der Waals surface area (Å²) in [4.78, 5) is 26.1. The Morgan fingerprint density at radius 2 is 1.92 bits per heavy atom. The molecule has 0 fully saturated rings. The number of Topliss-reactive ketones (excluding diaryl/α,β-unsaturated/α-hetero) is 1. The lowest BCUT2D eigenvalue weighted by atomic mass is 9.99. The molecule has 6 nitrogen and oxygen atoms in total. The fourth-order valence-electron chi connectivity index (χ4n) is 3.87. The SMILES string of the molecule is Cc1ccc(CC(=O)c2cccc(C(F)(F)F)c2)cc1Nc1nc(-c2cccnc2)cn2ccnc12. The Kier molecular flexibility index (Phi) is 5.97. The number of carbonyl (C=O) groups is 1. The van der Waals surface area contributed by atoms with E-state index in [1.807, 2.05) is 41.9 Å². The largest absolute Gasteiger partial charge is 0.416 e. The minimum absolute atomic E-state index is 0.0184. The molecule has 0 aliphatic carbocycles. The second kappa shape index (κ2) is 9.26. The van der Waals surface area contributed by atoms with Crippen LogP contribution in [0.25, 0.3) is 16.9 Å². The summed E-state index contributed by atoms with van der Waals surface area (Å²) in [5.41, 5.74) is 3.61. The number of fused-ring (bicyclic) bond motifs is 1. The summed E-state index contributed by atoms with van der Waals surface area (Å²) in [7, 11) is 0. The van der Waals surface area contributed by atoms with Crippen LogP contribution in [0.2, 0.25) is 0 Å². The van der Waals surface area contributed by atoms with Gasteiger partial charge in [-0.2, -0.15) is 13.2 Å². The number of anilines is 2. The maximum absolute atomic E-state index is 13.1. The zero-order valence-electron chi connectivity index (χ0n) is 19.1. The van der Waals surface area contributed by atoms with Crippen molar-refractivity contribution in [3.63, 3.8) is 0 Å². The number of aryl methyl sites for hydroxylation is 1. The number of nitrogens with one attached hydrogen (secondary N) is 1. The predicted octanol–water partition coefficient (Wildman–Crippen LogP) is 6.29. The van der Waals surface area contributed by atoms with Crippen molar-refractivity contribution in [3.8, 4) is 11.3 Å². The van der Waals surface area contributed by atoms with E-state index < -0.39 is 17.5 Å². The molecule has 0 radical (unpaired) electrons. The lowest BCUT2D eigenvalue weighted by molar-refractivity contribution is -0.137. The molecule has 3 aromatic heterocycles. The number of rotatable bonds is 6. The van der Waals surface area contributed by atoms with Crippen molar-refractivity contribution >= 4 is 22.9 Å². The molecule has 0 bridgehead atoms. The molecule has 5 rings (SSSR count). The second-order valence-electron chi connectivity index (χ2n) is 8.33. The van der Waals surface area contributed by atoms with Crippen LogP contribution in [0.15, 0.2) is 85.6 Å². The molecule has 0 saturated heterocycles. The summed E-state index contributed by atoms with van der Waals surface area (Å²) in [6.45, 7) is 1.91. The molecule has 0 atom stereocenters. The number of hydrogen-bond acceptors (Lipinski definition) is 5. The normalized spacial score (nSPS) is 11.6. The van der Waals surface area contributed by atoms with E-state index in [4.69, 9.17) is 4.98 Å². The Bertz CT molecular complexity index is 1560. The highest BCUT2D eigenvalue weighted by atomic mass is 19.4. The van der Waals surface area contributed by atoms with Crippen LogP contribution < -0.4 is 5.32 Å². The molecular formula is C27H20F3N5O. The molecule has 0 amide bonds. The van der Waals surface area contributed by atoms with Crippen LogP contribution in [0, 0.1) is 6.92 Å². The Morgan fingerprint density at radius 3 is 2.69 bits per heavy atom. The quantitative estimate of drug-likeness (QED) is 0.285. The number of aromatic nitrogens is 4. The van der Waals surface area contributed by atoms with E-state index in [1.165, 1.54) is 12.1 Å². The Balaban J connectivity index is 1.44. The van der Waals surface area contributed by atoms with E-state index in [0.717, 1.165) is 23.3 Å². The van der Waals surface area contributed by atoms with Gasteiger partial charge in [0.25, 0.3) is 0 Å². The average Bonchev–Trinajstić information content (AvgIpc) is 3.35. The van der Waals surface area contributed by atoms with Gasteiger partial charge in [-0.05, 0) is 48.4 Å². The molecular weight excluding hydrogens is 467 g/mol. The fourth-order valence-corrected chi connectivity index (χ4v) is 3.87. The number of pyridine rings is 1. The lowest BCUT2D eigenvalue weighted by Gasteiger charge is -2.13. The van der Waals surface area contributed by atoms with Gasteiger partial charge in [-0.1, -0.05) is 24.3 Å². The van der Waals surface area contributed by atoms with E-state index in [1.54, 1.807) is 30.7 Å². The molecule has 180 valence electrons. The maximum Gasteiger partial charge on any atom is 0.416 e. The van der Waals surface area contributed by atoms with Crippen LogP contribution in [-0.2, 0) is 12.6 Å². The molecule has 9 heteroatoms. The van der Waals surface area contributed by atoms with Crippen molar-refractivity contribution in [1.29, 1.82) is 0 Å². The van der Waals surface area contributed by atoms with Gasteiger partial charge >= 0.3 is 6.18 Å². The first-order valence-corrected chi connectivity index (χ1v) is 11.1. The first-order valence-electron chi connectivity index (χ1n) is 11.1. The van der Waals surface area contributed by atoms with Crippen molar-refractivity contribution in [2.75, 3.05) is 5.32 Å². The van der Waals surface area contributed by atoms with E-state index in [9.17, 15) is 18.0 Å². The number of nitrogens with zero attached hydrogens (tertiary/aromatic N) is 4. The molecule has 3 heterocycles. The van der Waals surface area contributed by atoms with Crippen LogP contribution in [0.4, 0.5) is 24.7 Å². The Labute approximate surface area is 204 Å². The molecule has 0 aliphatic rings. The number of hydrogen-bond donors (Lipinski definition) is 1. The molecule has 5 aromatic rings. The van der Waals surface area contributed by atoms with E-state index in [0.29, 0.717) is 28.4 Å². The molecule has 2 aromatic carbocycles. The smallest absolute Gasteiger partial charge is 0.337 e. The second-order valence-corrected chi connectivity index (χ2v) is 8.33. The van der Waals surface area contributed by atoms with Gasteiger partial charge in [0.05, 0.1) is 11.3 Å². The number of benzene rings is 2. The average molecular weight is 487 g/mol. The minimum atomic E-state index is -4.51. The van der Waals surface area contributed by atoms with Crippen LogP contribution in [0.1, 0.15) is 27.0 Å². The van der Waals surface area contributed by atoms with Crippen molar-refractivity contribution in [2.24, 2.45) is 0 Å². The van der Waals surface area contributed by atoms with Gasteiger partial charge < -0.3 is 9.72 Å². The van der Waals surface area contributed by atoms with Crippen molar-refractivity contribution < 1.29 is 18.0 Å². The van der Waals surface area contributed by atoms with Gasteiger partial charge in [0, 0.05) is 54.2 Å². The van der Waals surface area contributed by atoms with Crippen molar-refractivity contribution in [2.45, 2.75) is 19.5 Å². The van der Waals surface area contributed by atoms with Crippen LogP contribution in [0.3, 0.4) is 0 Å². The third-order valence-corrected chi connectivity index (χ3v) is 5.76. The standard InChI is InChI=1S/C27H20F3N5O/c1-17-7-8-18(13-24(36)19-4-2-6-21(14-19)27(28,29)30)12-22(17)33-25-26-32-10-11-35(26)16-23(34-25)20-5-3-9-31-15-20/h2-12,14-16H,13H2,1H3,(H,33,34). The van der Waals surface area contributed by atoms with E-state index >= 15 is 0 Å². The number of ketones is 1. The van der Waals surface area contributed by atoms with Crippen molar-refractivity contribution in [3.05, 3.63) is 108 Å². The summed E-state index contributed by atoms with van der Waals surface area (Å²) < 4.78 is 41.0. The Morgan fingerprint density at radius 1 is 1.06 bits per heavy atom. The minimum Gasteiger partial charge on any atom is -0.337 e. The topological polar surface area (TPSA) is 72.2 Å². The number of halogens is 3. The van der Waals surface area contributed by atoms with Gasteiger partial charge in [0.1, 0.15) is 0 Å². The van der Waals surface area contributed by atoms with Gasteiger partial charge in [-0.15, -0.1) is 0 Å². The van der Waals surface area contributed by atoms with Gasteiger partial charge in [-0.3, -0.25) is 9.78 Å². The lowest BCUT2D eigenvalue weighted by Crippen LogP contribution is -2.09. The molecule has 0 saturated carbocycles. The third kappa shape index (κ3) is 4.81. The highest BCUT2D eigenvalue weighted by Crippen LogP contribution is 2.30. The zero-order chi connectivity index (χ0) is 25.3. The maximum atomic E-state index is 13.1. The summed E-state index contributed by atoms with van der Waals surface area (Å²) in [6, 6.07) is 13.7. The summed E-state index contributed by atoms with van der Waals surface area (Å²) in [5.74, 6) is 0.119. The molecule has 0 spiro atoms. The number of alkyl halides is 3. The zero-order valence-corrected chi connectivity index (χ0v) is 19.1.